The average molecular weight is 805 g/mol. The quantitative estimate of drug-likeness (QED) is 0.178. The summed E-state index contributed by atoms with van der Waals surface area (Å²) >= 11 is 0. The molecule has 0 aliphatic rings. The zero-order valence-corrected chi connectivity index (χ0v) is 34.0. The summed E-state index contributed by atoms with van der Waals surface area (Å²) in [5, 5.41) is 11.4. The van der Waals surface area contributed by atoms with Gasteiger partial charge >= 0.3 is 0 Å². The summed E-state index contributed by atoms with van der Waals surface area (Å²) in [6.45, 7) is 0. The summed E-state index contributed by atoms with van der Waals surface area (Å²) in [6, 6.07) is 77.5. The zero-order chi connectivity index (χ0) is 41.4. The molecule has 0 fully saturated rings. The molecular weight excluding hydrogens is 769 g/mol. The van der Waals surface area contributed by atoms with Crippen LogP contribution in [-0.4, -0.2) is 28.7 Å². The Labute approximate surface area is 361 Å². The van der Waals surface area contributed by atoms with E-state index >= 15 is 0 Å². The predicted octanol–water partition coefficient (Wildman–Crippen LogP) is 14.3. The van der Waals surface area contributed by atoms with Crippen LogP contribution in [0.4, 0.5) is 0 Å². The molecule has 6 nitrogen and oxygen atoms in total. The van der Waals surface area contributed by atoms with Gasteiger partial charge in [-0.2, -0.15) is 15.0 Å². The molecule has 4 aromatic heterocycles. The standard InChI is InChI=1S/C57H36N6/c1-2-18-37(19-3-1)55-58-56(62-51-31-15-8-24-43(51)41-22-6-4-20-39(41)40-21-5-7-23-42(40)44-25-9-16-32-52(44)62)60-57(59-55)63-53-33-17-12-28-47(53)48-35-34-38(36-54(48)63)61-49-29-13-10-26-45(49)46-27-11-14-30-50(46)61/h1-36H. The molecule has 0 aliphatic carbocycles. The SMILES string of the molecule is c1ccc(-c2nc(-n3c4ccccc4c4ccccc4c4ccccc4c4ccccc43)nc(-n3c4ccccc4c4ccc(-n5c6ccccc6c6ccccc65)cc43)n2)cc1. The zero-order valence-electron chi connectivity index (χ0n) is 34.0. The Morgan fingerprint density at radius 3 is 1.00 bits per heavy atom. The van der Waals surface area contributed by atoms with E-state index in [-0.39, 0.29) is 0 Å². The lowest BCUT2D eigenvalue weighted by Gasteiger charge is -2.15. The largest absolute Gasteiger partial charge is 0.309 e. The van der Waals surface area contributed by atoms with Gasteiger partial charge in [0.1, 0.15) is 0 Å². The highest BCUT2D eigenvalue weighted by Gasteiger charge is 2.21. The highest BCUT2D eigenvalue weighted by Crippen LogP contribution is 2.38. The van der Waals surface area contributed by atoms with Crippen molar-refractivity contribution in [1.82, 2.24) is 28.7 Å². The molecular formula is C57H36N6. The van der Waals surface area contributed by atoms with E-state index in [0.29, 0.717) is 17.7 Å². The molecule has 0 saturated carbocycles. The molecule has 63 heavy (non-hydrogen) atoms. The van der Waals surface area contributed by atoms with Gasteiger partial charge in [-0.25, -0.2) is 0 Å². The van der Waals surface area contributed by atoms with E-state index in [9.17, 15) is 0 Å². The molecule has 0 aliphatic heterocycles. The Kier molecular flexibility index (Phi) is 7.80. The predicted molar refractivity (Wildman–Crippen MR) is 261 cm³/mol. The number of nitrogens with zero attached hydrogens (tertiary/aromatic N) is 6. The third-order valence-electron chi connectivity index (χ3n) is 12.6. The molecule has 13 aromatic rings. The second-order valence-corrected chi connectivity index (χ2v) is 16.0. The summed E-state index contributed by atoms with van der Waals surface area (Å²) in [4.78, 5) is 16.4. The molecule has 0 spiro atoms. The maximum atomic E-state index is 5.59. The number of rotatable bonds is 4. The van der Waals surface area contributed by atoms with Crippen LogP contribution in [0.1, 0.15) is 0 Å². The normalized spacial score (nSPS) is 11.8. The molecule has 0 N–H and O–H groups in total. The van der Waals surface area contributed by atoms with Crippen LogP contribution >= 0.6 is 0 Å². The fourth-order valence-electron chi connectivity index (χ4n) is 9.83. The monoisotopic (exact) mass is 804 g/mol. The smallest absolute Gasteiger partial charge is 0.240 e. The van der Waals surface area contributed by atoms with Gasteiger partial charge in [-0.15, -0.1) is 0 Å². The van der Waals surface area contributed by atoms with Crippen LogP contribution in [0, 0.1) is 0 Å². The van der Waals surface area contributed by atoms with Crippen molar-refractivity contribution in [3.63, 3.8) is 0 Å². The van der Waals surface area contributed by atoms with Crippen molar-refractivity contribution in [2.75, 3.05) is 0 Å². The molecule has 0 saturated heterocycles. The molecule has 294 valence electrons. The van der Waals surface area contributed by atoms with Crippen molar-refractivity contribution in [2.24, 2.45) is 0 Å². The fraction of sp³-hybridized carbons (Fsp3) is 0. The Morgan fingerprint density at radius 1 is 0.238 bits per heavy atom. The third-order valence-corrected chi connectivity index (χ3v) is 12.6. The number of hydrogen-bond donors (Lipinski definition) is 0. The average Bonchev–Trinajstić information content (AvgIpc) is 3.88. The molecule has 13 rings (SSSR count). The van der Waals surface area contributed by atoms with Gasteiger partial charge in [-0.05, 0) is 64.0 Å². The third kappa shape index (κ3) is 5.41. The van der Waals surface area contributed by atoms with Gasteiger partial charge in [-0.3, -0.25) is 9.13 Å². The van der Waals surface area contributed by atoms with E-state index in [4.69, 9.17) is 15.0 Å². The van der Waals surface area contributed by atoms with E-state index in [1.165, 1.54) is 21.5 Å². The molecule has 0 bridgehead atoms. The van der Waals surface area contributed by atoms with Crippen LogP contribution in [0.2, 0.25) is 0 Å². The van der Waals surface area contributed by atoms with Gasteiger partial charge < -0.3 is 4.57 Å². The minimum absolute atomic E-state index is 0.514. The summed E-state index contributed by atoms with van der Waals surface area (Å²) < 4.78 is 6.82. The summed E-state index contributed by atoms with van der Waals surface area (Å²) in [5.74, 6) is 1.62. The number of para-hydroxylation sites is 5. The van der Waals surface area contributed by atoms with Gasteiger partial charge in [0.25, 0.3) is 0 Å². The Bertz CT molecular complexity index is 3890. The Balaban J connectivity index is 1.19. The van der Waals surface area contributed by atoms with Crippen LogP contribution in [0.5, 0.6) is 0 Å². The number of aromatic nitrogens is 6. The van der Waals surface area contributed by atoms with Crippen molar-refractivity contribution in [3.8, 4) is 29.0 Å². The highest BCUT2D eigenvalue weighted by atomic mass is 15.3. The minimum Gasteiger partial charge on any atom is -0.309 e. The first-order valence-electron chi connectivity index (χ1n) is 21.3. The molecule has 0 amide bonds. The van der Waals surface area contributed by atoms with Crippen molar-refractivity contribution >= 4 is 87.0 Å². The molecule has 4 heterocycles. The van der Waals surface area contributed by atoms with Gasteiger partial charge in [0.05, 0.1) is 33.1 Å². The summed E-state index contributed by atoms with van der Waals surface area (Å²) in [7, 11) is 0. The second kappa shape index (κ2) is 14.0. The number of fused-ring (bicyclic) bond motifs is 13. The van der Waals surface area contributed by atoms with E-state index < -0.39 is 0 Å². The van der Waals surface area contributed by atoms with Gasteiger partial charge in [-0.1, -0.05) is 176 Å². The molecule has 0 atom stereocenters. The van der Waals surface area contributed by atoms with Crippen LogP contribution in [0.15, 0.2) is 218 Å². The van der Waals surface area contributed by atoms with Crippen LogP contribution < -0.4 is 0 Å². The van der Waals surface area contributed by atoms with Crippen LogP contribution in [0.3, 0.4) is 0 Å². The molecule has 0 radical (unpaired) electrons. The lowest BCUT2D eigenvalue weighted by molar-refractivity contribution is 0.891. The van der Waals surface area contributed by atoms with Crippen molar-refractivity contribution in [1.29, 1.82) is 0 Å². The number of hydrogen-bond acceptors (Lipinski definition) is 3. The Hall–Kier alpha value is -8.61. The highest BCUT2D eigenvalue weighted by molar-refractivity contribution is 6.19. The summed E-state index contributed by atoms with van der Waals surface area (Å²) in [5.41, 5.74) is 8.22. The maximum absolute atomic E-state index is 5.59. The van der Waals surface area contributed by atoms with Gasteiger partial charge in [0, 0.05) is 43.6 Å². The molecule has 9 aromatic carbocycles. The van der Waals surface area contributed by atoms with Crippen LogP contribution in [0.25, 0.3) is 116 Å². The molecule has 0 unspecified atom stereocenters. The first kappa shape index (κ1) is 35.2. The van der Waals surface area contributed by atoms with Gasteiger partial charge in [0.2, 0.25) is 11.9 Å². The van der Waals surface area contributed by atoms with Crippen molar-refractivity contribution in [2.45, 2.75) is 0 Å². The van der Waals surface area contributed by atoms with Gasteiger partial charge in [0.15, 0.2) is 5.82 Å². The maximum Gasteiger partial charge on any atom is 0.240 e. The number of benzene rings is 9. The van der Waals surface area contributed by atoms with E-state index in [2.05, 4.69) is 214 Å². The lowest BCUT2D eigenvalue weighted by atomic mass is 10.0. The molecule has 6 heteroatoms. The van der Waals surface area contributed by atoms with E-state index in [1.807, 2.05) is 18.2 Å². The second-order valence-electron chi connectivity index (χ2n) is 16.0. The fourth-order valence-corrected chi connectivity index (χ4v) is 9.83. The van der Waals surface area contributed by atoms with E-state index in [0.717, 1.165) is 76.7 Å². The van der Waals surface area contributed by atoms with Crippen molar-refractivity contribution < 1.29 is 0 Å². The summed E-state index contributed by atoms with van der Waals surface area (Å²) in [6.07, 6.45) is 0. The first-order valence-corrected chi connectivity index (χ1v) is 21.3. The van der Waals surface area contributed by atoms with Crippen molar-refractivity contribution in [3.05, 3.63) is 218 Å². The minimum atomic E-state index is 0.514. The Morgan fingerprint density at radius 2 is 0.556 bits per heavy atom. The van der Waals surface area contributed by atoms with Crippen LogP contribution in [-0.2, 0) is 0 Å². The topological polar surface area (TPSA) is 53.5 Å². The van der Waals surface area contributed by atoms with E-state index in [1.54, 1.807) is 0 Å². The lowest BCUT2D eigenvalue weighted by Crippen LogP contribution is -2.11. The first-order chi connectivity index (χ1) is 31.3.